The number of nitrogens with one attached hydrogen (secondary N) is 1. The highest BCUT2D eigenvalue weighted by Crippen LogP contribution is 2.35. The lowest BCUT2D eigenvalue weighted by Gasteiger charge is -2.05. The van der Waals surface area contributed by atoms with Crippen LogP contribution in [0.1, 0.15) is 17.3 Å². The number of nitro benzene ring substituents is 1. The highest BCUT2D eigenvalue weighted by molar-refractivity contribution is 6.30. The van der Waals surface area contributed by atoms with Crippen LogP contribution in [0.5, 0.6) is 0 Å². The number of aromatic nitrogens is 1. The number of benzene rings is 2. The minimum atomic E-state index is -0.551. The fraction of sp³-hybridized carbons (Fsp3) is 0.105. The Bertz CT molecular complexity index is 981. The average Bonchev–Trinajstić information content (AvgIpc) is 3.07. The molecule has 0 aliphatic carbocycles. The Morgan fingerprint density at radius 1 is 1.19 bits per heavy atom. The number of aromatic amines is 1. The van der Waals surface area contributed by atoms with Gasteiger partial charge in [-0.1, -0.05) is 35.9 Å². The van der Waals surface area contributed by atoms with Crippen LogP contribution in [0.25, 0.3) is 22.5 Å². The molecule has 1 heterocycles. The van der Waals surface area contributed by atoms with Crippen molar-refractivity contribution in [2.45, 2.75) is 6.92 Å². The summed E-state index contributed by atoms with van der Waals surface area (Å²) in [4.78, 5) is 26.4. The van der Waals surface area contributed by atoms with Gasteiger partial charge in [0, 0.05) is 16.8 Å². The van der Waals surface area contributed by atoms with Crippen molar-refractivity contribution in [3.63, 3.8) is 0 Å². The normalized spacial score (nSPS) is 10.5. The summed E-state index contributed by atoms with van der Waals surface area (Å²) in [6.45, 7) is 1.90. The summed E-state index contributed by atoms with van der Waals surface area (Å²) in [5.74, 6) is -0.551. The molecule has 26 heavy (non-hydrogen) atoms. The Hall–Kier alpha value is -3.12. The first-order valence-corrected chi connectivity index (χ1v) is 8.29. The lowest BCUT2D eigenvalue weighted by molar-refractivity contribution is -0.384. The van der Waals surface area contributed by atoms with E-state index in [4.69, 9.17) is 16.3 Å². The molecule has 0 aliphatic heterocycles. The van der Waals surface area contributed by atoms with E-state index >= 15 is 0 Å². The predicted molar refractivity (Wildman–Crippen MR) is 99.3 cm³/mol. The molecule has 0 fully saturated rings. The monoisotopic (exact) mass is 370 g/mol. The number of rotatable bonds is 5. The topological polar surface area (TPSA) is 85.2 Å². The number of esters is 1. The maximum atomic E-state index is 12.4. The van der Waals surface area contributed by atoms with Crippen molar-refractivity contribution in [1.82, 2.24) is 4.98 Å². The number of carbonyl (C=O) groups excluding carboxylic acids is 1. The van der Waals surface area contributed by atoms with Crippen molar-refractivity contribution in [3.8, 4) is 22.5 Å². The largest absolute Gasteiger partial charge is 0.462 e. The molecule has 0 bridgehead atoms. The molecule has 0 aliphatic rings. The Balaban J connectivity index is 2.21. The molecule has 7 heteroatoms. The molecule has 0 atom stereocenters. The number of ether oxygens (including phenoxy) is 1. The van der Waals surface area contributed by atoms with Gasteiger partial charge >= 0.3 is 5.97 Å². The fourth-order valence-corrected chi connectivity index (χ4v) is 2.88. The van der Waals surface area contributed by atoms with Crippen molar-refractivity contribution in [2.75, 3.05) is 6.61 Å². The van der Waals surface area contributed by atoms with E-state index in [9.17, 15) is 14.9 Å². The molecule has 0 saturated carbocycles. The standard InChI is InChI=1S/C19H15ClN2O4/c1-2-26-19(23)15-11-16(12-6-5-7-13(20)10-12)21-18(15)14-8-3-4-9-17(14)22(24)25/h3-11,21H,2H2,1H3. The highest BCUT2D eigenvalue weighted by Gasteiger charge is 2.24. The van der Waals surface area contributed by atoms with Crippen LogP contribution in [-0.4, -0.2) is 22.5 Å². The quantitative estimate of drug-likeness (QED) is 0.385. The molecule has 3 rings (SSSR count). The Kier molecular flexibility index (Phi) is 5.04. The smallest absolute Gasteiger partial charge is 0.340 e. The van der Waals surface area contributed by atoms with Crippen LogP contribution < -0.4 is 0 Å². The minimum absolute atomic E-state index is 0.0995. The lowest BCUT2D eigenvalue weighted by Crippen LogP contribution is -2.05. The first-order valence-electron chi connectivity index (χ1n) is 7.91. The van der Waals surface area contributed by atoms with Crippen LogP contribution in [0.2, 0.25) is 5.02 Å². The maximum absolute atomic E-state index is 12.4. The van der Waals surface area contributed by atoms with Crippen molar-refractivity contribution < 1.29 is 14.5 Å². The van der Waals surface area contributed by atoms with Crippen LogP contribution in [0, 0.1) is 10.1 Å². The van der Waals surface area contributed by atoms with E-state index in [0.29, 0.717) is 22.0 Å². The number of halogens is 1. The summed E-state index contributed by atoms with van der Waals surface area (Å²) in [6.07, 6.45) is 0. The summed E-state index contributed by atoms with van der Waals surface area (Å²) in [7, 11) is 0. The summed E-state index contributed by atoms with van der Waals surface area (Å²) >= 11 is 6.04. The van der Waals surface area contributed by atoms with Crippen LogP contribution in [0.3, 0.4) is 0 Å². The van der Waals surface area contributed by atoms with Crippen LogP contribution in [0.15, 0.2) is 54.6 Å². The van der Waals surface area contributed by atoms with Crippen molar-refractivity contribution in [1.29, 1.82) is 0 Å². The number of carbonyl (C=O) groups is 1. The Morgan fingerprint density at radius 2 is 1.96 bits per heavy atom. The van der Waals surface area contributed by atoms with Gasteiger partial charge in [0.15, 0.2) is 0 Å². The van der Waals surface area contributed by atoms with Gasteiger partial charge in [0.25, 0.3) is 5.69 Å². The first-order chi connectivity index (χ1) is 12.5. The summed E-state index contributed by atoms with van der Waals surface area (Å²) in [5, 5.41) is 11.9. The molecular weight excluding hydrogens is 356 g/mol. The molecule has 0 unspecified atom stereocenters. The molecule has 6 nitrogen and oxygen atoms in total. The molecule has 3 aromatic rings. The Labute approximate surface area is 154 Å². The first kappa shape index (κ1) is 17.7. The third-order valence-corrected chi connectivity index (χ3v) is 4.05. The molecule has 1 aromatic heterocycles. The van der Waals surface area contributed by atoms with Gasteiger partial charge in [-0.15, -0.1) is 0 Å². The van der Waals surface area contributed by atoms with E-state index in [0.717, 1.165) is 5.56 Å². The van der Waals surface area contributed by atoms with E-state index < -0.39 is 10.9 Å². The maximum Gasteiger partial charge on any atom is 0.340 e. The fourth-order valence-electron chi connectivity index (χ4n) is 2.69. The van der Waals surface area contributed by atoms with Gasteiger partial charge < -0.3 is 9.72 Å². The van der Waals surface area contributed by atoms with Crippen LogP contribution in [-0.2, 0) is 4.74 Å². The van der Waals surface area contributed by atoms with E-state index in [1.165, 1.54) is 6.07 Å². The van der Waals surface area contributed by atoms with Crippen molar-refractivity contribution >= 4 is 23.3 Å². The van der Waals surface area contributed by atoms with Gasteiger partial charge in [0.2, 0.25) is 0 Å². The highest BCUT2D eigenvalue weighted by atomic mass is 35.5. The summed E-state index contributed by atoms with van der Waals surface area (Å²) < 4.78 is 5.11. The van der Waals surface area contributed by atoms with Gasteiger partial charge in [0.1, 0.15) is 0 Å². The number of nitro groups is 1. The second-order valence-electron chi connectivity index (χ2n) is 5.48. The number of nitrogens with zero attached hydrogens (tertiary/aromatic N) is 1. The third kappa shape index (κ3) is 3.45. The second-order valence-corrected chi connectivity index (χ2v) is 5.91. The van der Waals surface area contributed by atoms with E-state index in [1.54, 1.807) is 49.4 Å². The number of hydrogen-bond donors (Lipinski definition) is 1. The molecule has 0 amide bonds. The second kappa shape index (κ2) is 7.41. The Morgan fingerprint density at radius 3 is 2.65 bits per heavy atom. The van der Waals surface area contributed by atoms with Gasteiger partial charge in [0.05, 0.1) is 28.4 Å². The van der Waals surface area contributed by atoms with Gasteiger partial charge in [-0.05, 0) is 36.8 Å². The number of H-pyrrole nitrogens is 1. The molecule has 0 radical (unpaired) electrons. The van der Waals surface area contributed by atoms with Crippen LogP contribution in [0.4, 0.5) is 5.69 Å². The molecular formula is C19H15ClN2O4. The van der Waals surface area contributed by atoms with E-state index in [-0.39, 0.29) is 17.9 Å². The SMILES string of the molecule is CCOC(=O)c1cc(-c2cccc(Cl)c2)[nH]c1-c1ccccc1[N+](=O)[O-]. The van der Waals surface area contributed by atoms with Crippen LogP contribution >= 0.6 is 11.6 Å². The van der Waals surface area contributed by atoms with Crippen molar-refractivity contribution in [3.05, 3.63) is 75.3 Å². The number of para-hydroxylation sites is 1. The average molecular weight is 371 g/mol. The zero-order valence-electron chi connectivity index (χ0n) is 13.9. The van der Waals surface area contributed by atoms with Crippen molar-refractivity contribution in [2.24, 2.45) is 0 Å². The van der Waals surface area contributed by atoms with E-state index in [2.05, 4.69) is 4.98 Å². The van der Waals surface area contributed by atoms with Gasteiger partial charge in [-0.25, -0.2) is 4.79 Å². The van der Waals surface area contributed by atoms with Gasteiger partial charge in [-0.2, -0.15) is 0 Å². The minimum Gasteiger partial charge on any atom is -0.462 e. The molecule has 0 spiro atoms. The van der Waals surface area contributed by atoms with E-state index in [1.807, 2.05) is 6.07 Å². The van der Waals surface area contributed by atoms with Gasteiger partial charge in [-0.3, -0.25) is 10.1 Å². The zero-order chi connectivity index (χ0) is 18.7. The summed E-state index contributed by atoms with van der Waals surface area (Å²) in [5.41, 5.74) is 2.16. The summed E-state index contributed by atoms with van der Waals surface area (Å²) in [6, 6.07) is 15.0. The molecule has 132 valence electrons. The lowest BCUT2D eigenvalue weighted by atomic mass is 10.1. The molecule has 0 saturated heterocycles. The molecule has 2 aromatic carbocycles. The molecule has 1 N–H and O–H groups in total. The third-order valence-electron chi connectivity index (χ3n) is 3.82. The number of hydrogen-bond acceptors (Lipinski definition) is 4. The zero-order valence-corrected chi connectivity index (χ0v) is 14.6. The predicted octanol–water partition coefficient (Wildman–Crippen LogP) is 5.09.